The average Bonchev–Trinajstić information content (AvgIpc) is 3.24. The number of amides is 3. The molecule has 1 aromatic heterocycles. The Hall–Kier alpha value is -3.47. The van der Waals surface area contributed by atoms with Gasteiger partial charge in [0.1, 0.15) is 11.6 Å². The van der Waals surface area contributed by atoms with Crippen LogP contribution in [0.15, 0.2) is 18.2 Å². The molecule has 1 unspecified atom stereocenters. The van der Waals surface area contributed by atoms with E-state index in [4.69, 9.17) is 14.5 Å². The highest BCUT2D eigenvalue weighted by Crippen LogP contribution is 2.34. The van der Waals surface area contributed by atoms with Crippen molar-refractivity contribution >= 4 is 23.6 Å². The second-order valence-corrected chi connectivity index (χ2v) is 8.15. The quantitative estimate of drug-likeness (QED) is 0.688. The van der Waals surface area contributed by atoms with Crippen LogP contribution >= 0.6 is 0 Å². The van der Waals surface area contributed by atoms with Crippen molar-refractivity contribution in [1.82, 2.24) is 20.2 Å². The molecule has 11 heteroatoms. The molecule has 10 nitrogen and oxygen atoms in total. The van der Waals surface area contributed by atoms with Crippen molar-refractivity contribution in [2.24, 2.45) is 0 Å². The first-order chi connectivity index (χ1) is 16.4. The molecule has 4 rings (SSSR count). The largest absolute Gasteiger partial charge is 0.450 e. The van der Waals surface area contributed by atoms with E-state index in [1.807, 2.05) is 6.92 Å². The average molecular weight is 473 g/mol. The van der Waals surface area contributed by atoms with Crippen LogP contribution in [0.4, 0.5) is 25.5 Å². The van der Waals surface area contributed by atoms with Crippen LogP contribution in [0.3, 0.4) is 0 Å². The van der Waals surface area contributed by atoms with E-state index in [0.717, 1.165) is 5.56 Å². The predicted molar refractivity (Wildman–Crippen MR) is 124 cm³/mol. The summed E-state index contributed by atoms with van der Waals surface area (Å²) in [4.78, 5) is 37.2. The molecule has 34 heavy (non-hydrogen) atoms. The third kappa shape index (κ3) is 4.89. The molecule has 0 saturated carbocycles. The number of ether oxygens (including phenoxy) is 2. The molecular weight excluding hydrogens is 443 g/mol. The molecule has 2 aliphatic heterocycles. The van der Waals surface area contributed by atoms with Gasteiger partial charge in [0.25, 0.3) is 0 Å². The van der Waals surface area contributed by atoms with Crippen molar-refractivity contribution in [1.29, 1.82) is 0 Å². The number of aromatic nitrogens is 2. The Labute approximate surface area is 197 Å². The Morgan fingerprint density at radius 2 is 2.09 bits per heavy atom. The second-order valence-electron chi connectivity index (χ2n) is 8.15. The maximum absolute atomic E-state index is 15.1. The lowest BCUT2D eigenvalue weighted by atomic mass is 10.1. The second kappa shape index (κ2) is 10.2. The minimum atomic E-state index is -0.560. The number of carbonyl (C=O) groups is 2. The zero-order valence-electron chi connectivity index (χ0n) is 19.6. The Balaban J connectivity index is 1.70. The molecule has 3 amide bonds. The van der Waals surface area contributed by atoms with Crippen molar-refractivity contribution in [3.8, 4) is 11.4 Å². The molecule has 182 valence electrons. The summed E-state index contributed by atoms with van der Waals surface area (Å²) in [5.74, 6) is 0.335. The number of hydrogen-bond donors (Lipinski definition) is 2. The molecule has 1 fully saturated rings. The Kier molecular flexibility index (Phi) is 7.11. The van der Waals surface area contributed by atoms with E-state index in [2.05, 4.69) is 20.5 Å². The number of morpholine rings is 1. The minimum absolute atomic E-state index is 0.0609. The van der Waals surface area contributed by atoms with E-state index in [0.29, 0.717) is 50.0 Å². The molecule has 2 N–H and O–H groups in total. The zero-order chi connectivity index (χ0) is 24.2. The Bertz CT molecular complexity index is 1080. The summed E-state index contributed by atoms with van der Waals surface area (Å²) in [6, 6.07) is 4.04. The first-order valence-corrected chi connectivity index (χ1v) is 11.4. The van der Waals surface area contributed by atoms with Gasteiger partial charge in [0.15, 0.2) is 5.82 Å². The SMILES string of the molecule is CCNC(=O)Nc1ccc(-c2nc3c(c(N4CCOCC4C)n2)CN(C(=O)OCC)C3)c(F)c1. The van der Waals surface area contributed by atoms with Gasteiger partial charge >= 0.3 is 12.1 Å². The van der Waals surface area contributed by atoms with Crippen LogP contribution in [0, 0.1) is 5.82 Å². The molecule has 0 spiro atoms. The van der Waals surface area contributed by atoms with E-state index < -0.39 is 17.9 Å². The molecule has 2 aromatic rings. The number of benzene rings is 1. The van der Waals surface area contributed by atoms with Crippen LogP contribution in [0.1, 0.15) is 32.0 Å². The number of rotatable bonds is 5. The summed E-state index contributed by atoms with van der Waals surface area (Å²) in [7, 11) is 0. The molecule has 1 saturated heterocycles. The van der Waals surface area contributed by atoms with Gasteiger partial charge in [-0.05, 0) is 39.0 Å². The van der Waals surface area contributed by atoms with Gasteiger partial charge in [-0.2, -0.15) is 0 Å². The predicted octanol–water partition coefficient (Wildman–Crippen LogP) is 3.12. The molecule has 1 atom stereocenters. The molecule has 3 heterocycles. The smallest absolute Gasteiger partial charge is 0.410 e. The van der Waals surface area contributed by atoms with Crippen LogP contribution in [0.5, 0.6) is 0 Å². The maximum Gasteiger partial charge on any atom is 0.410 e. The third-order valence-electron chi connectivity index (χ3n) is 5.73. The van der Waals surface area contributed by atoms with Gasteiger partial charge in [-0.25, -0.2) is 23.9 Å². The van der Waals surface area contributed by atoms with E-state index in [1.54, 1.807) is 30.9 Å². The van der Waals surface area contributed by atoms with E-state index >= 15 is 4.39 Å². The number of hydrogen-bond acceptors (Lipinski definition) is 7. The Morgan fingerprint density at radius 1 is 1.26 bits per heavy atom. The number of nitrogens with one attached hydrogen (secondary N) is 2. The normalized spacial score (nSPS) is 17.4. The fourth-order valence-corrected chi connectivity index (χ4v) is 4.09. The summed E-state index contributed by atoms with van der Waals surface area (Å²) in [5, 5.41) is 5.19. The van der Waals surface area contributed by atoms with Gasteiger partial charge in [0.05, 0.1) is 50.2 Å². The van der Waals surface area contributed by atoms with Gasteiger partial charge in [0, 0.05) is 24.3 Å². The monoisotopic (exact) mass is 472 g/mol. The molecule has 1 aromatic carbocycles. The van der Waals surface area contributed by atoms with Crippen LogP contribution in [-0.4, -0.2) is 65.9 Å². The van der Waals surface area contributed by atoms with Gasteiger partial charge in [-0.15, -0.1) is 0 Å². The number of anilines is 2. The fraction of sp³-hybridized carbons (Fsp3) is 0.478. The first-order valence-electron chi connectivity index (χ1n) is 11.4. The van der Waals surface area contributed by atoms with Crippen molar-refractivity contribution in [3.05, 3.63) is 35.3 Å². The summed E-state index contributed by atoms with van der Waals surface area (Å²) in [6.45, 7) is 8.63. The molecular formula is C23H29FN6O4. The standard InChI is InChI=1S/C23H29FN6O4/c1-4-25-22(31)26-15-6-7-16(18(24)10-15)20-27-19-12-29(23(32)34-5-2)11-17(19)21(28-20)30-8-9-33-13-14(30)3/h6-7,10,14H,4-5,8-9,11-13H2,1-3H3,(H2,25,26,31). The topological polar surface area (TPSA) is 109 Å². The van der Waals surface area contributed by atoms with Gasteiger partial charge in [-0.3, -0.25) is 4.90 Å². The van der Waals surface area contributed by atoms with Crippen LogP contribution in [0.25, 0.3) is 11.4 Å². The lowest BCUT2D eigenvalue weighted by Crippen LogP contribution is -2.44. The Morgan fingerprint density at radius 3 is 2.79 bits per heavy atom. The molecule has 2 aliphatic rings. The van der Waals surface area contributed by atoms with Crippen molar-refractivity contribution in [2.75, 3.05) is 43.1 Å². The van der Waals surface area contributed by atoms with Crippen LogP contribution < -0.4 is 15.5 Å². The number of halogens is 1. The van der Waals surface area contributed by atoms with Gasteiger partial charge in [0.2, 0.25) is 0 Å². The third-order valence-corrected chi connectivity index (χ3v) is 5.73. The van der Waals surface area contributed by atoms with Gasteiger partial charge in [-0.1, -0.05) is 0 Å². The lowest BCUT2D eigenvalue weighted by Gasteiger charge is -2.35. The number of carbonyl (C=O) groups excluding carboxylic acids is 2. The number of fused-ring (bicyclic) bond motifs is 1. The van der Waals surface area contributed by atoms with Gasteiger partial charge < -0.3 is 25.0 Å². The highest BCUT2D eigenvalue weighted by molar-refractivity contribution is 5.89. The highest BCUT2D eigenvalue weighted by atomic mass is 19.1. The first kappa shape index (κ1) is 23.7. The number of nitrogens with zero attached hydrogens (tertiary/aromatic N) is 4. The van der Waals surface area contributed by atoms with Crippen LogP contribution in [-0.2, 0) is 22.6 Å². The van der Waals surface area contributed by atoms with Crippen molar-refractivity contribution in [3.63, 3.8) is 0 Å². The lowest BCUT2D eigenvalue weighted by molar-refractivity contribution is 0.0980. The van der Waals surface area contributed by atoms with E-state index in [-0.39, 0.29) is 30.6 Å². The van der Waals surface area contributed by atoms with E-state index in [9.17, 15) is 9.59 Å². The summed E-state index contributed by atoms with van der Waals surface area (Å²) >= 11 is 0. The molecule has 0 aliphatic carbocycles. The maximum atomic E-state index is 15.1. The van der Waals surface area contributed by atoms with Crippen LogP contribution in [0.2, 0.25) is 0 Å². The summed E-state index contributed by atoms with van der Waals surface area (Å²) in [5.41, 5.74) is 2.03. The zero-order valence-corrected chi connectivity index (χ0v) is 19.6. The minimum Gasteiger partial charge on any atom is -0.450 e. The number of urea groups is 1. The van der Waals surface area contributed by atoms with Crippen molar-refractivity contribution < 1.29 is 23.5 Å². The molecule has 0 bridgehead atoms. The van der Waals surface area contributed by atoms with E-state index in [1.165, 1.54) is 6.07 Å². The summed E-state index contributed by atoms with van der Waals surface area (Å²) in [6.07, 6.45) is -0.421. The highest BCUT2D eigenvalue weighted by Gasteiger charge is 2.33. The van der Waals surface area contributed by atoms with Crippen molar-refractivity contribution in [2.45, 2.75) is 39.9 Å². The fourth-order valence-electron chi connectivity index (χ4n) is 4.09. The summed E-state index contributed by atoms with van der Waals surface area (Å²) < 4.78 is 25.8. The molecule has 0 radical (unpaired) electrons.